The van der Waals surface area contributed by atoms with E-state index in [0.717, 1.165) is 11.7 Å². The van der Waals surface area contributed by atoms with Crippen molar-refractivity contribution >= 4 is 16.5 Å². The summed E-state index contributed by atoms with van der Waals surface area (Å²) in [4.78, 5) is 5.54. The summed E-state index contributed by atoms with van der Waals surface area (Å²) in [5.74, 6) is 0.677. The van der Waals surface area contributed by atoms with Gasteiger partial charge in [-0.2, -0.15) is 0 Å². The molecule has 1 aromatic heterocycles. The van der Waals surface area contributed by atoms with Gasteiger partial charge in [0.1, 0.15) is 0 Å². The quantitative estimate of drug-likeness (QED) is 0.825. The van der Waals surface area contributed by atoms with Crippen LogP contribution in [0.25, 0.3) is 0 Å². The van der Waals surface area contributed by atoms with E-state index in [4.69, 9.17) is 0 Å². The summed E-state index contributed by atoms with van der Waals surface area (Å²) >= 11 is 1.72. The first-order chi connectivity index (χ1) is 6.42. The van der Waals surface area contributed by atoms with Gasteiger partial charge in [-0.05, 0) is 18.3 Å². The Balaban J connectivity index is 2.48. The average molecular weight is 212 g/mol. The molecule has 14 heavy (non-hydrogen) atoms. The Hall–Kier alpha value is -0.570. The molecule has 1 heterocycles. The minimum atomic E-state index is 0.319. The molecule has 3 heteroatoms. The monoisotopic (exact) mass is 212 g/mol. The van der Waals surface area contributed by atoms with Crippen molar-refractivity contribution in [1.29, 1.82) is 0 Å². The first-order valence-corrected chi connectivity index (χ1v) is 5.90. The highest BCUT2D eigenvalue weighted by Crippen LogP contribution is 2.27. The number of hydrogen-bond donors (Lipinski definition) is 1. The van der Waals surface area contributed by atoms with Gasteiger partial charge < -0.3 is 5.32 Å². The number of aryl methyl sites for hydroxylation is 1. The number of thiazole rings is 1. The summed E-state index contributed by atoms with van der Waals surface area (Å²) in [5, 5.41) is 4.43. The Morgan fingerprint density at radius 2 is 2.14 bits per heavy atom. The van der Waals surface area contributed by atoms with Gasteiger partial charge in [0.2, 0.25) is 0 Å². The van der Waals surface area contributed by atoms with E-state index in [-0.39, 0.29) is 0 Å². The number of anilines is 1. The second kappa shape index (κ2) is 4.30. The number of nitrogens with one attached hydrogen (secondary N) is 1. The van der Waals surface area contributed by atoms with Crippen molar-refractivity contribution in [3.63, 3.8) is 0 Å². The lowest BCUT2D eigenvalue weighted by Gasteiger charge is -2.29. The summed E-state index contributed by atoms with van der Waals surface area (Å²) in [6.07, 6.45) is 1.91. The predicted octanol–water partition coefficient (Wildman–Crippen LogP) is 3.55. The molecule has 1 N–H and O–H groups in total. The third-order valence-corrected chi connectivity index (χ3v) is 3.75. The minimum Gasteiger partial charge on any atom is -0.361 e. The van der Waals surface area contributed by atoms with Crippen LogP contribution in [0.5, 0.6) is 0 Å². The molecule has 2 nitrogen and oxygen atoms in total. The Morgan fingerprint density at radius 3 is 2.57 bits per heavy atom. The third kappa shape index (κ3) is 2.98. The Bertz CT molecular complexity index is 289. The second-order valence-corrected chi connectivity index (χ2v) is 6.01. The topological polar surface area (TPSA) is 24.9 Å². The number of hydrogen-bond acceptors (Lipinski definition) is 3. The van der Waals surface area contributed by atoms with Crippen LogP contribution in [0.15, 0.2) is 6.20 Å². The fourth-order valence-corrected chi connectivity index (χ4v) is 1.60. The minimum absolute atomic E-state index is 0.319. The standard InChI is InChI=1S/C11H20N2S/c1-8(2)11(4,5)7-13-10-12-6-9(3)14-10/h6,8H,7H2,1-5H3,(H,12,13). The molecule has 0 aliphatic rings. The Kier molecular flexibility index (Phi) is 3.53. The van der Waals surface area contributed by atoms with Gasteiger partial charge in [0.25, 0.3) is 0 Å². The van der Waals surface area contributed by atoms with Crippen LogP contribution < -0.4 is 5.32 Å². The molecule has 0 bridgehead atoms. The summed E-state index contributed by atoms with van der Waals surface area (Å²) in [7, 11) is 0. The van der Waals surface area contributed by atoms with Crippen molar-refractivity contribution in [2.45, 2.75) is 34.6 Å². The van der Waals surface area contributed by atoms with E-state index in [9.17, 15) is 0 Å². The van der Waals surface area contributed by atoms with Gasteiger partial charge in [-0.1, -0.05) is 27.7 Å². The van der Waals surface area contributed by atoms with Crippen molar-refractivity contribution in [3.05, 3.63) is 11.1 Å². The molecule has 1 rings (SSSR count). The van der Waals surface area contributed by atoms with Crippen LogP contribution in [-0.2, 0) is 0 Å². The van der Waals surface area contributed by atoms with Gasteiger partial charge in [-0.15, -0.1) is 11.3 Å². The van der Waals surface area contributed by atoms with Crippen molar-refractivity contribution in [2.75, 3.05) is 11.9 Å². The smallest absolute Gasteiger partial charge is 0.182 e. The lowest BCUT2D eigenvalue weighted by atomic mass is 9.81. The number of nitrogens with zero attached hydrogens (tertiary/aromatic N) is 1. The zero-order chi connectivity index (χ0) is 10.8. The van der Waals surface area contributed by atoms with Crippen LogP contribution in [0.3, 0.4) is 0 Å². The van der Waals surface area contributed by atoms with Gasteiger partial charge in [-0.25, -0.2) is 4.98 Å². The maximum Gasteiger partial charge on any atom is 0.182 e. The zero-order valence-electron chi connectivity index (χ0n) is 9.72. The summed E-state index contributed by atoms with van der Waals surface area (Å²) in [6, 6.07) is 0. The van der Waals surface area contributed by atoms with Crippen molar-refractivity contribution < 1.29 is 0 Å². The molecule has 0 aromatic carbocycles. The molecule has 0 saturated heterocycles. The lowest BCUT2D eigenvalue weighted by Crippen LogP contribution is -2.28. The number of rotatable bonds is 4. The zero-order valence-corrected chi connectivity index (χ0v) is 10.5. The summed E-state index contributed by atoms with van der Waals surface area (Å²) in [6.45, 7) is 12.1. The van der Waals surface area contributed by atoms with E-state index in [1.54, 1.807) is 11.3 Å². The van der Waals surface area contributed by atoms with Gasteiger partial charge >= 0.3 is 0 Å². The molecular weight excluding hydrogens is 192 g/mol. The highest BCUT2D eigenvalue weighted by Gasteiger charge is 2.22. The summed E-state index contributed by atoms with van der Waals surface area (Å²) in [5.41, 5.74) is 0.319. The van der Waals surface area contributed by atoms with E-state index in [0.29, 0.717) is 11.3 Å². The molecule has 0 amide bonds. The highest BCUT2D eigenvalue weighted by molar-refractivity contribution is 7.15. The van der Waals surface area contributed by atoms with Crippen LogP contribution >= 0.6 is 11.3 Å². The average Bonchev–Trinajstić information content (AvgIpc) is 2.48. The van der Waals surface area contributed by atoms with Crippen molar-refractivity contribution in [1.82, 2.24) is 4.98 Å². The van der Waals surface area contributed by atoms with Crippen LogP contribution in [0.1, 0.15) is 32.6 Å². The SMILES string of the molecule is Cc1cnc(NCC(C)(C)C(C)C)s1. The van der Waals surface area contributed by atoms with Gasteiger partial charge in [0.15, 0.2) is 5.13 Å². The van der Waals surface area contributed by atoms with Crippen LogP contribution in [0.4, 0.5) is 5.13 Å². The van der Waals surface area contributed by atoms with E-state index in [1.165, 1.54) is 4.88 Å². The largest absolute Gasteiger partial charge is 0.361 e. The molecule has 0 aliphatic carbocycles. The molecular formula is C11H20N2S. The van der Waals surface area contributed by atoms with E-state index < -0.39 is 0 Å². The fraction of sp³-hybridized carbons (Fsp3) is 0.727. The lowest BCUT2D eigenvalue weighted by molar-refractivity contribution is 0.269. The number of aromatic nitrogens is 1. The van der Waals surface area contributed by atoms with Gasteiger partial charge in [-0.3, -0.25) is 0 Å². The Labute approximate surface area is 90.8 Å². The molecule has 80 valence electrons. The molecule has 1 aromatic rings. The maximum atomic E-state index is 4.29. The normalized spacial score (nSPS) is 12.1. The van der Waals surface area contributed by atoms with Crippen LogP contribution in [0.2, 0.25) is 0 Å². The van der Waals surface area contributed by atoms with Crippen LogP contribution in [0, 0.1) is 18.3 Å². The third-order valence-electron chi connectivity index (χ3n) is 2.88. The first kappa shape index (κ1) is 11.5. The van der Waals surface area contributed by atoms with E-state index in [1.807, 2.05) is 6.20 Å². The van der Waals surface area contributed by atoms with Gasteiger partial charge in [0.05, 0.1) is 0 Å². The summed E-state index contributed by atoms with van der Waals surface area (Å²) < 4.78 is 0. The van der Waals surface area contributed by atoms with Gasteiger partial charge in [0, 0.05) is 17.6 Å². The highest BCUT2D eigenvalue weighted by atomic mass is 32.1. The molecule has 0 radical (unpaired) electrons. The predicted molar refractivity (Wildman–Crippen MR) is 64.0 cm³/mol. The van der Waals surface area contributed by atoms with E-state index >= 15 is 0 Å². The van der Waals surface area contributed by atoms with Crippen molar-refractivity contribution in [3.8, 4) is 0 Å². The van der Waals surface area contributed by atoms with Crippen LogP contribution in [-0.4, -0.2) is 11.5 Å². The molecule has 0 aliphatic heterocycles. The molecule has 0 fully saturated rings. The molecule has 0 saturated carbocycles. The Morgan fingerprint density at radius 1 is 1.50 bits per heavy atom. The first-order valence-electron chi connectivity index (χ1n) is 5.08. The molecule has 0 spiro atoms. The van der Waals surface area contributed by atoms with Crippen molar-refractivity contribution in [2.24, 2.45) is 11.3 Å². The molecule has 0 unspecified atom stereocenters. The maximum absolute atomic E-state index is 4.29. The molecule has 0 atom stereocenters. The second-order valence-electron chi connectivity index (χ2n) is 4.77. The van der Waals surface area contributed by atoms with E-state index in [2.05, 4.69) is 44.9 Å². The fourth-order valence-electron chi connectivity index (χ4n) is 0.944.